The Labute approximate surface area is 114 Å². The number of hydrogen-bond acceptors (Lipinski definition) is 3. The third kappa shape index (κ3) is 3.58. The van der Waals surface area contributed by atoms with Crippen LogP contribution in [0.4, 0.5) is 0 Å². The minimum absolute atomic E-state index is 0.466. The number of rotatable bonds is 4. The van der Waals surface area contributed by atoms with Crippen LogP contribution in [-0.2, 0) is 0 Å². The zero-order valence-corrected chi connectivity index (χ0v) is 12.1. The van der Waals surface area contributed by atoms with E-state index < -0.39 is 0 Å². The lowest BCUT2D eigenvalue weighted by Crippen LogP contribution is -2.43. The Morgan fingerprint density at radius 2 is 2.22 bits per heavy atom. The highest BCUT2D eigenvalue weighted by Crippen LogP contribution is 2.24. The van der Waals surface area contributed by atoms with Crippen LogP contribution < -0.4 is 5.32 Å². The lowest BCUT2D eigenvalue weighted by atomic mass is 10.0. The summed E-state index contributed by atoms with van der Waals surface area (Å²) in [6.45, 7) is 7.47. The lowest BCUT2D eigenvalue weighted by Gasteiger charge is -2.32. The van der Waals surface area contributed by atoms with Crippen molar-refractivity contribution in [3.05, 3.63) is 21.9 Å². The maximum atomic E-state index is 5.35. The minimum Gasteiger partial charge on any atom is -0.307 e. The number of nitrogens with one attached hydrogen (secondary N) is 1. The summed E-state index contributed by atoms with van der Waals surface area (Å²) in [6, 6.07) is 5.54. The maximum Gasteiger partial charge on any atom is 0.0598 e. The van der Waals surface area contributed by atoms with E-state index in [0.29, 0.717) is 12.1 Å². The molecule has 1 saturated heterocycles. The fourth-order valence-corrected chi connectivity index (χ4v) is 3.40. The molecule has 0 aliphatic carbocycles. The standard InChI is InChI=1S/C15H22N2S/c1-4-9-17-10-7-14(8-11-17)16-13(3)15-6-5-12(2)18-15/h1,5-6,13-14,16H,7-11H2,2-3H3. The van der Waals surface area contributed by atoms with E-state index in [-0.39, 0.29) is 0 Å². The average Bonchev–Trinajstić information content (AvgIpc) is 2.79. The number of likely N-dealkylation sites (tertiary alicyclic amines) is 1. The fraction of sp³-hybridized carbons (Fsp3) is 0.600. The number of piperidine rings is 1. The molecule has 1 aromatic rings. The summed E-state index contributed by atoms with van der Waals surface area (Å²) >= 11 is 1.89. The van der Waals surface area contributed by atoms with E-state index in [4.69, 9.17) is 6.42 Å². The van der Waals surface area contributed by atoms with Crippen molar-refractivity contribution in [2.45, 2.75) is 38.8 Å². The van der Waals surface area contributed by atoms with E-state index in [9.17, 15) is 0 Å². The topological polar surface area (TPSA) is 15.3 Å². The van der Waals surface area contributed by atoms with Crippen LogP contribution in [0.2, 0.25) is 0 Å². The molecule has 1 aromatic heterocycles. The summed E-state index contributed by atoms with van der Waals surface area (Å²) in [6.07, 6.45) is 7.76. The first-order valence-electron chi connectivity index (χ1n) is 6.67. The van der Waals surface area contributed by atoms with Crippen molar-refractivity contribution < 1.29 is 0 Å². The second-order valence-corrected chi connectivity index (χ2v) is 6.41. The van der Waals surface area contributed by atoms with E-state index in [1.807, 2.05) is 11.3 Å². The van der Waals surface area contributed by atoms with Gasteiger partial charge in [-0.05, 0) is 38.8 Å². The SMILES string of the molecule is C#CCN1CCC(NC(C)c2ccc(C)s2)CC1. The molecule has 0 radical (unpaired) electrons. The first kappa shape index (κ1) is 13.6. The van der Waals surface area contributed by atoms with Crippen molar-refractivity contribution in [3.63, 3.8) is 0 Å². The molecule has 1 atom stereocenters. The molecule has 0 bridgehead atoms. The highest BCUT2D eigenvalue weighted by molar-refractivity contribution is 7.12. The third-order valence-corrected chi connectivity index (χ3v) is 4.76. The zero-order valence-electron chi connectivity index (χ0n) is 11.3. The lowest BCUT2D eigenvalue weighted by molar-refractivity contribution is 0.211. The molecule has 0 amide bonds. The van der Waals surface area contributed by atoms with Crippen LogP contribution in [0.15, 0.2) is 12.1 Å². The quantitative estimate of drug-likeness (QED) is 0.839. The Morgan fingerprint density at radius 1 is 1.50 bits per heavy atom. The van der Waals surface area contributed by atoms with E-state index in [0.717, 1.165) is 19.6 Å². The summed E-state index contributed by atoms with van der Waals surface area (Å²) in [5.74, 6) is 2.73. The molecule has 0 spiro atoms. The molecular weight excluding hydrogens is 240 g/mol. The van der Waals surface area contributed by atoms with Gasteiger partial charge in [0.25, 0.3) is 0 Å². The monoisotopic (exact) mass is 262 g/mol. The Bertz CT molecular complexity index is 410. The van der Waals surface area contributed by atoms with Gasteiger partial charge in [-0.2, -0.15) is 0 Å². The first-order chi connectivity index (χ1) is 8.69. The summed E-state index contributed by atoms with van der Waals surface area (Å²) in [4.78, 5) is 5.19. The van der Waals surface area contributed by atoms with Gasteiger partial charge in [0.05, 0.1) is 6.54 Å². The molecule has 0 saturated carbocycles. The predicted molar refractivity (Wildman–Crippen MR) is 78.9 cm³/mol. The van der Waals surface area contributed by atoms with Crippen molar-refractivity contribution in [3.8, 4) is 12.3 Å². The molecule has 2 rings (SSSR count). The first-order valence-corrected chi connectivity index (χ1v) is 7.49. The molecule has 98 valence electrons. The van der Waals surface area contributed by atoms with Crippen molar-refractivity contribution >= 4 is 11.3 Å². The molecule has 1 unspecified atom stereocenters. The Hall–Kier alpha value is -0.820. The Kier molecular flexibility index (Phi) is 4.82. The van der Waals surface area contributed by atoms with Gasteiger partial charge < -0.3 is 5.32 Å². The van der Waals surface area contributed by atoms with Crippen LogP contribution in [0.1, 0.15) is 35.6 Å². The summed E-state index contributed by atoms with van der Waals surface area (Å²) < 4.78 is 0. The molecule has 0 aromatic carbocycles. The summed E-state index contributed by atoms with van der Waals surface area (Å²) in [5, 5.41) is 3.74. The van der Waals surface area contributed by atoms with Gasteiger partial charge in [0.2, 0.25) is 0 Å². The number of thiophene rings is 1. The molecule has 1 N–H and O–H groups in total. The van der Waals surface area contributed by atoms with Gasteiger partial charge in [-0.25, -0.2) is 0 Å². The van der Waals surface area contributed by atoms with Gasteiger partial charge in [0.1, 0.15) is 0 Å². The van der Waals surface area contributed by atoms with Crippen LogP contribution in [0.5, 0.6) is 0 Å². The van der Waals surface area contributed by atoms with Gasteiger partial charge in [-0.15, -0.1) is 17.8 Å². The molecule has 3 heteroatoms. The summed E-state index contributed by atoms with van der Waals surface area (Å²) in [7, 11) is 0. The number of hydrogen-bond donors (Lipinski definition) is 1. The highest BCUT2D eigenvalue weighted by atomic mass is 32.1. The van der Waals surface area contributed by atoms with Gasteiger partial charge in [-0.1, -0.05) is 5.92 Å². The summed E-state index contributed by atoms with van der Waals surface area (Å²) in [5.41, 5.74) is 0. The molecule has 1 fully saturated rings. The average molecular weight is 262 g/mol. The smallest absolute Gasteiger partial charge is 0.0598 e. The molecular formula is C15H22N2S. The van der Waals surface area contributed by atoms with Gasteiger partial charge in [-0.3, -0.25) is 4.90 Å². The van der Waals surface area contributed by atoms with E-state index in [1.54, 1.807) is 0 Å². The van der Waals surface area contributed by atoms with E-state index in [1.165, 1.54) is 22.6 Å². The van der Waals surface area contributed by atoms with Crippen LogP contribution in [0.25, 0.3) is 0 Å². The maximum absolute atomic E-state index is 5.35. The van der Waals surface area contributed by atoms with Crippen LogP contribution in [0.3, 0.4) is 0 Å². The molecule has 1 aliphatic heterocycles. The Balaban J connectivity index is 1.79. The van der Waals surface area contributed by atoms with Crippen LogP contribution in [-0.4, -0.2) is 30.6 Å². The molecule has 2 heterocycles. The molecule has 1 aliphatic rings. The van der Waals surface area contributed by atoms with Crippen molar-refractivity contribution in [2.24, 2.45) is 0 Å². The van der Waals surface area contributed by atoms with Crippen molar-refractivity contribution in [2.75, 3.05) is 19.6 Å². The van der Waals surface area contributed by atoms with Gasteiger partial charge in [0.15, 0.2) is 0 Å². The Morgan fingerprint density at radius 3 is 2.78 bits per heavy atom. The van der Waals surface area contributed by atoms with Crippen molar-refractivity contribution in [1.82, 2.24) is 10.2 Å². The van der Waals surface area contributed by atoms with E-state index >= 15 is 0 Å². The normalized spacial score (nSPS) is 19.6. The number of aryl methyl sites for hydroxylation is 1. The second-order valence-electron chi connectivity index (χ2n) is 5.09. The fourth-order valence-electron chi connectivity index (χ4n) is 2.51. The second kappa shape index (κ2) is 6.38. The predicted octanol–water partition coefficient (Wildman–Crippen LogP) is 2.80. The number of terminal acetylenes is 1. The van der Waals surface area contributed by atoms with Gasteiger partial charge >= 0.3 is 0 Å². The van der Waals surface area contributed by atoms with E-state index in [2.05, 4.69) is 42.1 Å². The zero-order chi connectivity index (χ0) is 13.0. The number of nitrogens with zero attached hydrogens (tertiary/aromatic N) is 1. The van der Waals surface area contributed by atoms with Crippen molar-refractivity contribution in [1.29, 1.82) is 0 Å². The molecule has 18 heavy (non-hydrogen) atoms. The minimum atomic E-state index is 0.466. The molecule has 2 nitrogen and oxygen atoms in total. The van der Waals surface area contributed by atoms with Gasteiger partial charge in [0, 0.05) is 34.9 Å². The van der Waals surface area contributed by atoms with Crippen LogP contribution in [0, 0.1) is 19.3 Å². The third-order valence-electron chi connectivity index (χ3n) is 3.58. The largest absolute Gasteiger partial charge is 0.307 e. The van der Waals surface area contributed by atoms with Crippen LogP contribution >= 0.6 is 11.3 Å². The highest BCUT2D eigenvalue weighted by Gasteiger charge is 2.20.